The van der Waals surface area contributed by atoms with Gasteiger partial charge in [-0.15, -0.1) is 0 Å². The van der Waals surface area contributed by atoms with E-state index in [2.05, 4.69) is 58.9 Å². The van der Waals surface area contributed by atoms with Crippen LogP contribution < -0.4 is 15.5 Å². The lowest BCUT2D eigenvalue weighted by atomic mass is 10.0. The molecule has 1 atom stereocenters. The second kappa shape index (κ2) is 8.50. The Morgan fingerprint density at radius 2 is 1.97 bits per heavy atom. The molecule has 1 saturated heterocycles. The standard InChI is InChI=1S/C24H27N5/c1-17-9-11-18(12-10-17)15-27-24-21(14-25)23(20-7-3-4-8-22(20)28-24)29-13-5-6-19(16-29)26-2/h3-4,7-12,19,26H,5-6,13,15-16H2,1-2H3,(H,27,28). The third kappa shape index (κ3) is 4.03. The summed E-state index contributed by atoms with van der Waals surface area (Å²) >= 11 is 0. The number of piperidine rings is 1. The van der Waals surface area contributed by atoms with Gasteiger partial charge in [0.05, 0.1) is 11.2 Å². The summed E-state index contributed by atoms with van der Waals surface area (Å²) in [6, 6.07) is 19.4. The summed E-state index contributed by atoms with van der Waals surface area (Å²) in [6.45, 7) is 4.58. The second-order valence-corrected chi connectivity index (χ2v) is 7.73. The lowest BCUT2D eigenvalue weighted by molar-refractivity contribution is 0.450. The number of hydrogen-bond donors (Lipinski definition) is 2. The maximum absolute atomic E-state index is 10.1. The zero-order valence-electron chi connectivity index (χ0n) is 17.1. The van der Waals surface area contributed by atoms with Crippen LogP contribution in [0.4, 0.5) is 11.5 Å². The molecule has 1 aromatic heterocycles. The molecule has 0 spiro atoms. The van der Waals surface area contributed by atoms with Gasteiger partial charge in [-0.05, 0) is 38.4 Å². The van der Waals surface area contributed by atoms with Crippen LogP contribution in [0.15, 0.2) is 48.5 Å². The van der Waals surface area contributed by atoms with Gasteiger partial charge in [0.25, 0.3) is 0 Å². The molecule has 1 aliphatic rings. The average molecular weight is 386 g/mol. The van der Waals surface area contributed by atoms with Crippen LogP contribution in [0.25, 0.3) is 10.9 Å². The Morgan fingerprint density at radius 1 is 1.17 bits per heavy atom. The maximum Gasteiger partial charge on any atom is 0.147 e. The Morgan fingerprint density at radius 3 is 2.72 bits per heavy atom. The van der Waals surface area contributed by atoms with Gasteiger partial charge in [0.15, 0.2) is 0 Å². The minimum atomic E-state index is 0.436. The van der Waals surface area contributed by atoms with Crippen molar-refractivity contribution >= 4 is 22.4 Å². The highest BCUT2D eigenvalue weighted by atomic mass is 15.2. The fourth-order valence-corrected chi connectivity index (χ4v) is 4.06. The Bertz CT molecular complexity index is 1040. The van der Waals surface area contributed by atoms with Gasteiger partial charge in [0.2, 0.25) is 0 Å². The molecule has 2 heterocycles. The van der Waals surface area contributed by atoms with Gasteiger partial charge in [0, 0.05) is 31.1 Å². The molecule has 0 saturated carbocycles. The summed E-state index contributed by atoms with van der Waals surface area (Å²) in [5.74, 6) is 0.661. The van der Waals surface area contributed by atoms with E-state index in [-0.39, 0.29) is 0 Å². The predicted octanol–water partition coefficient (Wildman–Crippen LogP) is 4.22. The van der Waals surface area contributed by atoms with E-state index in [0.717, 1.165) is 42.5 Å². The quantitative estimate of drug-likeness (QED) is 0.689. The topological polar surface area (TPSA) is 64.0 Å². The molecule has 0 bridgehead atoms. The largest absolute Gasteiger partial charge is 0.368 e. The normalized spacial score (nSPS) is 16.6. The van der Waals surface area contributed by atoms with Crippen LogP contribution in [-0.4, -0.2) is 31.2 Å². The maximum atomic E-state index is 10.1. The van der Waals surface area contributed by atoms with Crippen molar-refractivity contribution in [2.75, 3.05) is 30.4 Å². The number of hydrogen-bond acceptors (Lipinski definition) is 5. The third-order valence-electron chi connectivity index (χ3n) is 5.70. The van der Waals surface area contributed by atoms with Crippen LogP contribution >= 0.6 is 0 Å². The van der Waals surface area contributed by atoms with Gasteiger partial charge in [-0.3, -0.25) is 0 Å². The van der Waals surface area contributed by atoms with E-state index in [1.807, 2.05) is 25.2 Å². The van der Waals surface area contributed by atoms with Crippen LogP contribution in [-0.2, 0) is 6.54 Å². The van der Waals surface area contributed by atoms with Crippen LogP contribution in [0.2, 0.25) is 0 Å². The van der Waals surface area contributed by atoms with Crippen molar-refractivity contribution in [3.05, 3.63) is 65.2 Å². The predicted molar refractivity (Wildman–Crippen MR) is 119 cm³/mol. The van der Waals surface area contributed by atoms with Crippen molar-refractivity contribution in [2.45, 2.75) is 32.4 Å². The van der Waals surface area contributed by atoms with Crippen LogP contribution in [0.1, 0.15) is 29.5 Å². The molecular weight excluding hydrogens is 358 g/mol. The van der Waals surface area contributed by atoms with Crippen molar-refractivity contribution in [1.29, 1.82) is 5.26 Å². The molecule has 148 valence electrons. The van der Waals surface area contributed by atoms with Gasteiger partial charge in [-0.1, -0.05) is 48.0 Å². The number of nitriles is 1. The number of benzene rings is 2. The number of para-hydroxylation sites is 1. The van der Waals surface area contributed by atoms with E-state index in [0.29, 0.717) is 24.0 Å². The molecule has 29 heavy (non-hydrogen) atoms. The summed E-state index contributed by atoms with van der Waals surface area (Å²) in [4.78, 5) is 7.15. The van der Waals surface area contributed by atoms with Crippen molar-refractivity contribution < 1.29 is 0 Å². The van der Waals surface area contributed by atoms with Crippen LogP contribution in [0.3, 0.4) is 0 Å². The lowest BCUT2D eigenvalue weighted by Crippen LogP contribution is -2.44. The number of pyridine rings is 1. The zero-order valence-corrected chi connectivity index (χ0v) is 17.1. The molecule has 0 amide bonds. The van der Waals surface area contributed by atoms with Gasteiger partial charge in [-0.25, -0.2) is 4.98 Å². The van der Waals surface area contributed by atoms with E-state index in [1.165, 1.54) is 11.1 Å². The summed E-state index contributed by atoms with van der Waals surface area (Å²) in [5.41, 5.74) is 4.96. The number of fused-ring (bicyclic) bond motifs is 1. The average Bonchev–Trinajstić information content (AvgIpc) is 2.77. The number of nitrogens with one attached hydrogen (secondary N) is 2. The molecular formula is C24H27N5. The first-order valence-electron chi connectivity index (χ1n) is 10.2. The fourth-order valence-electron chi connectivity index (χ4n) is 4.06. The Hall–Kier alpha value is -3.10. The van der Waals surface area contributed by atoms with E-state index >= 15 is 0 Å². The third-order valence-corrected chi connectivity index (χ3v) is 5.70. The smallest absolute Gasteiger partial charge is 0.147 e. The molecule has 1 unspecified atom stereocenters. The van der Waals surface area contributed by atoms with E-state index < -0.39 is 0 Å². The van der Waals surface area contributed by atoms with Crippen molar-refractivity contribution in [3.63, 3.8) is 0 Å². The highest BCUT2D eigenvalue weighted by Gasteiger charge is 2.25. The molecule has 1 fully saturated rings. The van der Waals surface area contributed by atoms with Crippen LogP contribution in [0.5, 0.6) is 0 Å². The van der Waals surface area contributed by atoms with E-state index in [9.17, 15) is 5.26 Å². The van der Waals surface area contributed by atoms with Gasteiger partial charge in [0.1, 0.15) is 17.5 Å². The molecule has 5 heteroatoms. The van der Waals surface area contributed by atoms with Crippen molar-refractivity contribution in [1.82, 2.24) is 10.3 Å². The molecule has 0 aliphatic carbocycles. The molecule has 4 rings (SSSR count). The Kier molecular flexibility index (Phi) is 5.64. The van der Waals surface area contributed by atoms with Crippen molar-refractivity contribution in [2.24, 2.45) is 0 Å². The summed E-state index contributed by atoms with van der Waals surface area (Å²) in [6.07, 6.45) is 2.27. The molecule has 3 aromatic rings. The first-order chi connectivity index (χ1) is 14.2. The number of anilines is 2. The number of rotatable bonds is 5. The molecule has 2 aromatic carbocycles. The van der Waals surface area contributed by atoms with E-state index in [4.69, 9.17) is 4.98 Å². The monoisotopic (exact) mass is 385 g/mol. The second-order valence-electron chi connectivity index (χ2n) is 7.73. The summed E-state index contributed by atoms with van der Waals surface area (Å²) in [7, 11) is 2.01. The Labute approximate surface area is 172 Å². The highest BCUT2D eigenvalue weighted by Crippen LogP contribution is 2.35. The number of likely N-dealkylation sites (N-methyl/N-ethyl adjacent to an activating group) is 1. The molecule has 5 nitrogen and oxygen atoms in total. The SMILES string of the molecule is CNC1CCCN(c2c(C#N)c(NCc3ccc(C)cc3)nc3ccccc23)C1. The molecule has 2 N–H and O–H groups in total. The van der Waals surface area contributed by atoms with Gasteiger partial charge in [-0.2, -0.15) is 5.26 Å². The minimum absolute atomic E-state index is 0.436. The van der Waals surface area contributed by atoms with Gasteiger partial charge < -0.3 is 15.5 Å². The van der Waals surface area contributed by atoms with E-state index in [1.54, 1.807) is 0 Å². The molecule has 0 radical (unpaired) electrons. The minimum Gasteiger partial charge on any atom is -0.368 e. The van der Waals surface area contributed by atoms with Crippen molar-refractivity contribution in [3.8, 4) is 6.07 Å². The summed E-state index contributed by atoms with van der Waals surface area (Å²) in [5, 5.41) is 17.9. The number of aromatic nitrogens is 1. The van der Waals surface area contributed by atoms with Crippen LogP contribution in [0, 0.1) is 18.3 Å². The lowest BCUT2D eigenvalue weighted by Gasteiger charge is -2.35. The highest BCUT2D eigenvalue weighted by molar-refractivity contribution is 5.97. The first-order valence-corrected chi connectivity index (χ1v) is 10.2. The first kappa shape index (κ1) is 19.2. The fraction of sp³-hybridized carbons (Fsp3) is 0.333. The zero-order chi connectivity index (χ0) is 20.2. The number of aryl methyl sites for hydroxylation is 1. The Balaban J connectivity index is 1.74. The summed E-state index contributed by atoms with van der Waals surface area (Å²) < 4.78 is 0. The number of nitrogens with zero attached hydrogens (tertiary/aromatic N) is 3. The van der Waals surface area contributed by atoms with Gasteiger partial charge >= 0.3 is 0 Å². The molecule has 1 aliphatic heterocycles.